The predicted octanol–water partition coefficient (Wildman–Crippen LogP) is 4.83. The molecule has 0 saturated carbocycles. The molecule has 2 aromatic carbocycles. The van der Waals surface area contributed by atoms with Crippen LogP contribution in [0.15, 0.2) is 67.1 Å². The standard InChI is InChI=1S/C21H19N5O/c1-14-8-9-18(27-2)17(11-14)26-20-12-19(23-13-24-20)25-16-7-3-5-15-6-4-10-22-21(15)16/h3-13H,1-2H3,(H2,23,24,25,26). The molecule has 2 aromatic heterocycles. The lowest BCUT2D eigenvalue weighted by molar-refractivity contribution is 0.416. The number of pyridine rings is 1. The van der Waals surface area contributed by atoms with Gasteiger partial charge in [-0.2, -0.15) is 0 Å². The molecule has 0 saturated heterocycles. The average molecular weight is 357 g/mol. The molecule has 2 heterocycles. The third kappa shape index (κ3) is 3.64. The van der Waals surface area contributed by atoms with Crippen molar-refractivity contribution in [2.24, 2.45) is 0 Å². The maximum absolute atomic E-state index is 5.42. The van der Waals surface area contributed by atoms with Gasteiger partial charge >= 0.3 is 0 Å². The Hall–Kier alpha value is -3.67. The normalized spacial score (nSPS) is 10.6. The molecule has 0 aliphatic heterocycles. The smallest absolute Gasteiger partial charge is 0.142 e. The minimum absolute atomic E-state index is 0.671. The van der Waals surface area contributed by atoms with Crippen molar-refractivity contribution in [2.75, 3.05) is 17.7 Å². The summed E-state index contributed by atoms with van der Waals surface area (Å²) in [7, 11) is 1.65. The number of methoxy groups -OCH3 is 1. The molecule has 6 heteroatoms. The van der Waals surface area contributed by atoms with Crippen LogP contribution in [0.2, 0.25) is 0 Å². The van der Waals surface area contributed by atoms with E-state index in [0.29, 0.717) is 11.6 Å². The maximum atomic E-state index is 5.42. The van der Waals surface area contributed by atoms with E-state index >= 15 is 0 Å². The van der Waals surface area contributed by atoms with Crippen LogP contribution in [0.25, 0.3) is 10.9 Å². The molecule has 0 atom stereocenters. The summed E-state index contributed by atoms with van der Waals surface area (Å²) in [5.41, 5.74) is 3.78. The van der Waals surface area contributed by atoms with Gasteiger partial charge in [0.05, 0.1) is 24.0 Å². The number of aromatic nitrogens is 3. The van der Waals surface area contributed by atoms with Crippen LogP contribution in [0.1, 0.15) is 5.56 Å². The van der Waals surface area contributed by atoms with E-state index in [0.717, 1.165) is 33.6 Å². The molecular weight excluding hydrogens is 338 g/mol. The zero-order valence-electron chi connectivity index (χ0n) is 15.1. The van der Waals surface area contributed by atoms with Crippen LogP contribution in [0.4, 0.5) is 23.0 Å². The molecule has 4 rings (SSSR count). The summed E-state index contributed by atoms with van der Waals surface area (Å²) in [6.07, 6.45) is 3.30. The highest BCUT2D eigenvalue weighted by molar-refractivity contribution is 5.91. The summed E-state index contributed by atoms with van der Waals surface area (Å²) in [4.78, 5) is 13.1. The molecule has 134 valence electrons. The van der Waals surface area contributed by atoms with Gasteiger partial charge < -0.3 is 15.4 Å². The van der Waals surface area contributed by atoms with Gasteiger partial charge in [-0.15, -0.1) is 0 Å². The van der Waals surface area contributed by atoms with E-state index in [1.54, 1.807) is 13.3 Å². The maximum Gasteiger partial charge on any atom is 0.142 e. The number of nitrogens with one attached hydrogen (secondary N) is 2. The Morgan fingerprint density at radius 2 is 1.59 bits per heavy atom. The number of hydrogen-bond acceptors (Lipinski definition) is 6. The summed E-state index contributed by atoms with van der Waals surface area (Å²) in [6.45, 7) is 2.03. The molecule has 2 N–H and O–H groups in total. The highest BCUT2D eigenvalue weighted by Crippen LogP contribution is 2.29. The van der Waals surface area contributed by atoms with Gasteiger partial charge in [-0.05, 0) is 36.8 Å². The zero-order valence-corrected chi connectivity index (χ0v) is 15.1. The Morgan fingerprint density at radius 1 is 0.815 bits per heavy atom. The van der Waals surface area contributed by atoms with Crippen LogP contribution < -0.4 is 15.4 Å². The molecule has 0 aliphatic carbocycles. The largest absolute Gasteiger partial charge is 0.495 e. The Labute approximate surface area is 157 Å². The fourth-order valence-electron chi connectivity index (χ4n) is 2.89. The molecule has 0 amide bonds. The minimum Gasteiger partial charge on any atom is -0.495 e. The Kier molecular flexibility index (Phi) is 4.53. The number of ether oxygens (including phenoxy) is 1. The average Bonchev–Trinajstić information content (AvgIpc) is 2.69. The first-order valence-electron chi connectivity index (χ1n) is 8.57. The number of para-hydroxylation sites is 1. The van der Waals surface area contributed by atoms with E-state index < -0.39 is 0 Å². The van der Waals surface area contributed by atoms with E-state index in [1.165, 1.54) is 6.33 Å². The van der Waals surface area contributed by atoms with Gasteiger partial charge in [-0.3, -0.25) is 4.98 Å². The van der Waals surface area contributed by atoms with Crippen LogP contribution in [0, 0.1) is 6.92 Å². The van der Waals surface area contributed by atoms with Crippen molar-refractivity contribution in [1.29, 1.82) is 0 Å². The molecule has 0 fully saturated rings. The first-order chi connectivity index (χ1) is 13.2. The van der Waals surface area contributed by atoms with Crippen LogP contribution in [-0.4, -0.2) is 22.1 Å². The second-order valence-corrected chi connectivity index (χ2v) is 6.12. The summed E-state index contributed by atoms with van der Waals surface area (Å²) in [5, 5.41) is 7.69. The SMILES string of the molecule is COc1ccc(C)cc1Nc1cc(Nc2cccc3cccnc23)ncn1. The lowest BCUT2D eigenvalue weighted by Gasteiger charge is -2.13. The van der Waals surface area contributed by atoms with Crippen molar-refractivity contribution < 1.29 is 4.74 Å². The van der Waals surface area contributed by atoms with Gasteiger partial charge in [0, 0.05) is 17.6 Å². The molecule has 4 aromatic rings. The highest BCUT2D eigenvalue weighted by Gasteiger charge is 2.07. The number of hydrogen-bond donors (Lipinski definition) is 2. The van der Waals surface area contributed by atoms with Crippen LogP contribution in [0.3, 0.4) is 0 Å². The van der Waals surface area contributed by atoms with E-state index in [-0.39, 0.29) is 0 Å². The van der Waals surface area contributed by atoms with Gasteiger partial charge in [0.2, 0.25) is 0 Å². The molecule has 0 bridgehead atoms. The lowest BCUT2D eigenvalue weighted by atomic mass is 10.2. The number of nitrogens with zero attached hydrogens (tertiary/aromatic N) is 3. The number of rotatable bonds is 5. The van der Waals surface area contributed by atoms with Crippen LogP contribution >= 0.6 is 0 Å². The fourth-order valence-corrected chi connectivity index (χ4v) is 2.89. The van der Waals surface area contributed by atoms with Crippen LogP contribution in [-0.2, 0) is 0 Å². The predicted molar refractivity (Wildman–Crippen MR) is 108 cm³/mol. The lowest BCUT2D eigenvalue weighted by Crippen LogP contribution is -2.00. The Morgan fingerprint density at radius 3 is 2.41 bits per heavy atom. The summed E-state index contributed by atoms with van der Waals surface area (Å²) in [6, 6.07) is 17.8. The van der Waals surface area contributed by atoms with Crippen molar-refractivity contribution in [2.45, 2.75) is 6.92 Å². The number of aryl methyl sites for hydroxylation is 1. The third-order valence-corrected chi connectivity index (χ3v) is 4.18. The molecule has 6 nitrogen and oxygen atoms in total. The van der Waals surface area contributed by atoms with E-state index in [9.17, 15) is 0 Å². The molecule has 0 spiro atoms. The highest BCUT2D eigenvalue weighted by atomic mass is 16.5. The molecule has 27 heavy (non-hydrogen) atoms. The van der Waals surface area contributed by atoms with Crippen molar-refractivity contribution in [3.05, 3.63) is 72.7 Å². The number of anilines is 4. The van der Waals surface area contributed by atoms with Gasteiger partial charge in [0.25, 0.3) is 0 Å². The molecule has 0 aliphatic rings. The fraction of sp³-hybridized carbons (Fsp3) is 0.0952. The van der Waals surface area contributed by atoms with Gasteiger partial charge in [-0.1, -0.05) is 24.3 Å². The topological polar surface area (TPSA) is 72.0 Å². The van der Waals surface area contributed by atoms with Crippen molar-refractivity contribution in [3.8, 4) is 5.75 Å². The summed E-state index contributed by atoms with van der Waals surface area (Å²) >= 11 is 0. The van der Waals surface area contributed by atoms with E-state index in [2.05, 4.69) is 25.6 Å². The minimum atomic E-state index is 0.671. The van der Waals surface area contributed by atoms with Crippen molar-refractivity contribution >= 4 is 33.9 Å². The zero-order chi connectivity index (χ0) is 18.6. The van der Waals surface area contributed by atoms with Gasteiger partial charge in [0.15, 0.2) is 0 Å². The summed E-state index contributed by atoms with van der Waals surface area (Å²) < 4.78 is 5.42. The molecule has 0 unspecified atom stereocenters. The second kappa shape index (κ2) is 7.29. The Balaban J connectivity index is 1.62. The van der Waals surface area contributed by atoms with Crippen molar-refractivity contribution in [3.63, 3.8) is 0 Å². The van der Waals surface area contributed by atoms with Gasteiger partial charge in [0.1, 0.15) is 23.7 Å². The first-order valence-corrected chi connectivity index (χ1v) is 8.57. The third-order valence-electron chi connectivity index (χ3n) is 4.18. The quantitative estimate of drug-likeness (QED) is 0.533. The number of fused-ring (bicyclic) bond motifs is 1. The van der Waals surface area contributed by atoms with E-state index in [1.807, 2.05) is 61.5 Å². The molecular formula is C21H19N5O. The monoisotopic (exact) mass is 357 g/mol. The van der Waals surface area contributed by atoms with Crippen LogP contribution in [0.5, 0.6) is 5.75 Å². The first kappa shape index (κ1) is 16.8. The van der Waals surface area contributed by atoms with E-state index in [4.69, 9.17) is 4.74 Å². The van der Waals surface area contributed by atoms with Crippen molar-refractivity contribution in [1.82, 2.24) is 15.0 Å². The number of benzene rings is 2. The molecule has 0 radical (unpaired) electrons. The second-order valence-electron chi connectivity index (χ2n) is 6.12. The summed E-state index contributed by atoms with van der Waals surface area (Å²) in [5.74, 6) is 2.11. The van der Waals surface area contributed by atoms with Gasteiger partial charge in [-0.25, -0.2) is 9.97 Å². The Bertz CT molecular complexity index is 1090.